The van der Waals surface area contributed by atoms with E-state index >= 15 is 0 Å². The molecule has 2 heterocycles. The standard InChI is InChI=1S/C28H35FN2/c1-3-6-25-24-15-14-22(29)17-27(24)31(23-9-5-10-23)28(25)26-16-11-20(18-30-26)8-4-7-19(2)21-12-13-21/h11,14-19,21,23H,3-10,12-13H2,1-2H3. The van der Waals surface area contributed by atoms with Crippen LogP contribution in [-0.4, -0.2) is 9.55 Å². The topological polar surface area (TPSA) is 17.8 Å². The Bertz CT molecular complexity index is 1040. The summed E-state index contributed by atoms with van der Waals surface area (Å²) in [6.45, 7) is 4.63. The fourth-order valence-electron chi connectivity index (χ4n) is 5.40. The van der Waals surface area contributed by atoms with Gasteiger partial charge in [-0.2, -0.15) is 0 Å². The maximum atomic E-state index is 14.2. The molecule has 2 aliphatic carbocycles. The van der Waals surface area contributed by atoms with Crippen LogP contribution in [0.15, 0.2) is 36.5 Å². The van der Waals surface area contributed by atoms with Gasteiger partial charge in [-0.15, -0.1) is 0 Å². The molecule has 3 aromatic rings. The first-order chi connectivity index (χ1) is 15.2. The van der Waals surface area contributed by atoms with Crippen LogP contribution in [-0.2, 0) is 12.8 Å². The van der Waals surface area contributed by atoms with E-state index in [1.807, 2.05) is 6.07 Å². The van der Waals surface area contributed by atoms with E-state index in [4.69, 9.17) is 4.98 Å². The predicted octanol–water partition coefficient (Wildman–Crippen LogP) is 7.89. The van der Waals surface area contributed by atoms with Crippen LogP contribution in [0.25, 0.3) is 22.3 Å². The fraction of sp³-hybridized carbons (Fsp3) is 0.536. The first kappa shape index (κ1) is 20.7. The lowest BCUT2D eigenvalue weighted by Gasteiger charge is -2.30. The molecule has 0 spiro atoms. The molecule has 0 bridgehead atoms. The van der Waals surface area contributed by atoms with Crippen molar-refractivity contribution in [2.24, 2.45) is 11.8 Å². The summed E-state index contributed by atoms with van der Waals surface area (Å²) in [5, 5.41) is 1.20. The number of aryl methyl sites for hydroxylation is 2. The molecule has 1 unspecified atom stereocenters. The molecular formula is C28H35FN2. The Morgan fingerprint density at radius 1 is 1.10 bits per heavy atom. The Balaban J connectivity index is 1.46. The van der Waals surface area contributed by atoms with Crippen molar-refractivity contribution in [3.05, 3.63) is 53.5 Å². The third-order valence-corrected chi connectivity index (χ3v) is 7.63. The Hall–Kier alpha value is -2.16. The predicted molar refractivity (Wildman–Crippen MR) is 127 cm³/mol. The van der Waals surface area contributed by atoms with Crippen molar-refractivity contribution in [1.29, 1.82) is 0 Å². The molecule has 1 aromatic carbocycles. The summed E-state index contributed by atoms with van der Waals surface area (Å²) < 4.78 is 16.6. The van der Waals surface area contributed by atoms with Gasteiger partial charge in [0.1, 0.15) is 5.82 Å². The fourth-order valence-corrected chi connectivity index (χ4v) is 5.40. The van der Waals surface area contributed by atoms with Gasteiger partial charge in [-0.05, 0) is 98.6 Å². The van der Waals surface area contributed by atoms with Crippen molar-refractivity contribution in [1.82, 2.24) is 9.55 Å². The number of hydrogen-bond acceptors (Lipinski definition) is 1. The molecule has 0 N–H and O–H groups in total. The van der Waals surface area contributed by atoms with Crippen molar-refractivity contribution in [3.8, 4) is 11.4 Å². The SMILES string of the molecule is CCCc1c(-c2ccc(CCCC(C)C3CC3)cn2)n(C2CCC2)c2cc(F)ccc12. The van der Waals surface area contributed by atoms with Crippen molar-refractivity contribution >= 4 is 10.9 Å². The lowest BCUT2D eigenvalue weighted by atomic mass is 9.92. The Labute approximate surface area is 185 Å². The molecule has 0 amide bonds. The molecule has 164 valence electrons. The Morgan fingerprint density at radius 3 is 2.58 bits per heavy atom. The summed E-state index contributed by atoms with van der Waals surface area (Å²) in [5.74, 6) is 1.72. The van der Waals surface area contributed by atoms with Gasteiger partial charge in [-0.1, -0.05) is 32.8 Å². The molecule has 2 fully saturated rings. The quantitative estimate of drug-likeness (QED) is 0.345. The molecule has 2 aromatic heterocycles. The number of nitrogens with zero attached hydrogens (tertiary/aromatic N) is 2. The molecular weight excluding hydrogens is 383 g/mol. The summed E-state index contributed by atoms with van der Waals surface area (Å²) in [6.07, 6.45) is 14.3. The van der Waals surface area contributed by atoms with E-state index in [-0.39, 0.29) is 5.82 Å². The lowest BCUT2D eigenvalue weighted by Crippen LogP contribution is -2.18. The van der Waals surface area contributed by atoms with Crippen LogP contribution in [0.3, 0.4) is 0 Å². The number of benzene rings is 1. The first-order valence-corrected chi connectivity index (χ1v) is 12.4. The van der Waals surface area contributed by atoms with E-state index in [0.717, 1.165) is 42.3 Å². The van der Waals surface area contributed by atoms with Gasteiger partial charge in [0, 0.05) is 17.6 Å². The number of halogens is 1. The molecule has 0 radical (unpaired) electrons. The normalized spacial score (nSPS) is 17.8. The summed E-state index contributed by atoms with van der Waals surface area (Å²) in [6, 6.07) is 10.3. The van der Waals surface area contributed by atoms with E-state index in [0.29, 0.717) is 6.04 Å². The van der Waals surface area contributed by atoms with Crippen LogP contribution in [0, 0.1) is 17.7 Å². The second-order valence-corrected chi connectivity index (χ2v) is 9.95. The number of hydrogen-bond donors (Lipinski definition) is 0. The minimum Gasteiger partial charge on any atom is -0.336 e. The smallest absolute Gasteiger partial charge is 0.125 e. The lowest BCUT2D eigenvalue weighted by molar-refractivity contribution is 0.323. The highest BCUT2D eigenvalue weighted by Crippen LogP contribution is 2.43. The first-order valence-electron chi connectivity index (χ1n) is 12.4. The van der Waals surface area contributed by atoms with Crippen LogP contribution in [0.2, 0.25) is 0 Å². The zero-order valence-electron chi connectivity index (χ0n) is 19.0. The maximum absolute atomic E-state index is 14.2. The van der Waals surface area contributed by atoms with Crippen LogP contribution in [0.4, 0.5) is 4.39 Å². The molecule has 0 aliphatic heterocycles. The average Bonchev–Trinajstić information content (AvgIpc) is 3.54. The van der Waals surface area contributed by atoms with E-state index in [9.17, 15) is 4.39 Å². The highest BCUT2D eigenvalue weighted by Gasteiger charge is 2.28. The van der Waals surface area contributed by atoms with Gasteiger partial charge in [0.05, 0.1) is 16.9 Å². The van der Waals surface area contributed by atoms with Crippen LogP contribution in [0.5, 0.6) is 0 Å². The molecule has 5 rings (SSSR count). The van der Waals surface area contributed by atoms with Gasteiger partial charge >= 0.3 is 0 Å². The number of pyridine rings is 1. The van der Waals surface area contributed by atoms with Crippen LogP contribution >= 0.6 is 0 Å². The van der Waals surface area contributed by atoms with Gasteiger partial charge in [-0.3, -0.25) is 4.98 Å². The number of aromatic nitrogens is 2. The number of fused-ring (bicyclic) bond motifs is 1. The van der Waals surface area contributed by atoms with Crippen molar-refractivity contribution < 1.29 is 4.39 Å². The summed E-state index contributed by atoms with van der Waals surface area (Å²) in [7, 11) is 0. The molecule has 31 heavy (non-hydrogen) atoms. The van der Waals surface area contributed by atoms with Gasteiger partial charge < -0.3 is 4.57 Å². The van der Waals surface area contributed by atoms with Crippen molar-refractivity contribution in [3.63, 3.8) is 0 Å². The molecule has 1 atom stereocenters. The van der Waals surface area contributed by atoms with Crippen molar-refractivity contribution in [2.45, 2.75) is 84.1 Å². The van der Waals surface area contributed by atoms with E-state index < -0.39 is 0 Å². The van der Waals surface area contributed by atoms with Gasteiger partial charge in [0.25, 0.3) is 0 Å². The molecule has 2 aliphatic rings. The third-order valence-electron chi connectivity index (χ3n) is 7.63. The van der Waals surface area contributed by atoms with Crippen LogP contribution < -0.4 is 0 Å². The largest absolute Gasteiger partial charge is 0.336 e. The van der Waals surface area contributed by atoms with Gasteiger partial charge in [0.2, 0.25) is 0 Å². The second kappa shape index (κ2) is 8.76. The Kier molecular flexibility index (Phi) is 5.86. The zero-order valence-corrected chi connectivity index (χ0v) is 19.0. The van der Waals surface area contributed by atoms with Gasteiger partial charge in [0.15, 0.2) is 0 Å². The highest BCUT2D eigenvalue weighted by molar-refractivity contribution is 5.91. The minimum absolute atomic E-state index is 0.149. The minimum atomic E-state index is -0.149. The van der Waals surface area contributed by atoms with E-state index in [1.165, 1.54) is 67.2 Å². The van der Waals surface area contributed by atoms with Crippen LogP contribution in [0.1, 0.15) is 82.4 Å². The van der Waals surface area contributed by atoms with Crippen molar-refractivity contribution in [2.75, 3.05) is 0 Å². The monoisotopic (exact) mass is 418 g/mol. The maximum Gasteiger partial charge on any atom is 0.125 e. The van der Waals surface area contributed by atoms with E-state index in [1.54, 1.807) is 12.1 Å². The number of rotatable bonds is 9. The second-order valence-electron chi connectivity index (χ2n) is 9.95. The molecule has 0 saturated heterocycles. The molecule has 2 nitrogen and oxygen atoms in total. The summed E-state index contributed by atoms with van der Waals surface area (Å²) in [4.78, 5) is 4.94. The molecule has 2 saturated carbocycles. The average molecular weight is 419 g/mol. The summed E-state index contributed by atoms with van der Waals surface area (Å²) in [5.41, 5.74) is 5.98. The Morgan fingerprint density at radius 2 is 1.94 bits per heavy atom. The summed E-state index contributed by atoms with van der Waals surface area (Å²) >= 11 is 0. The zero-order chi connectivity index (χ0) is 21.4. The highest BCUT2D eigenvalue weighted by atomic mass is 19.1. The van der Waals surface area contributed by atoms with Gasteiger partial charge in [-0.25, -0.2) is 4.39 Å². The van der Waals surface area contributed by atoms with E-state index in [2.05, 4.69) is 36.7 Å². The third kappa shape index (κ3) is 4.16. The molecule has 3 heteroatoms.